The Morgan fingerprint density at radius 3 is 2.61 bits per heavy atom. The molecule has 1 amide bonds. The molecule has 128 valence electrons. The van der Waals surface area contributed by atoms with Crippen molar-refractivity contribution >= 4 is 15.9 Å². The molecule has 0 saturated carbocycles. The van der Waals surface area contributed by atoms with E-state index >= 15 is 0 Å². The van der Waals surface area contributed by atoms with E-state index in [2.05, 4.69) is 14.8 Å². The van der Waals surface area contributed by atoms with Gasteiger partial charge in [0.05, 0.1) is 0 Å². The maximum absolute atomic E-state index is 12.4. The van der Waals surface area contributed by atoms with Crippen molar-refractivity contribution in [2.24, 2.45) is 0 Å². The van der Waals surface area contributed by atoms with E-state index in [9.17, 15) is 26.4 Å². The molecule has 23 heavy (non-hydrogen) atoms. The van der Waals surface area contributed by atoms with Crippen LogP contribution in [-0.4, -0.2) is 33.3 Å². The maximum Gasteiger partial charge on any atom is 0.573 e. The third-order valence-corrected chi connectivity index (χ3v) is 4.71. The summed E-state index contributed by atoms with van der Waals surface area (Å²) in [7, 11) is -4.35. The van der Waals surface area contributed by atoms with Gasteiger partial charge in [-0.1, -0.05) is 12.1 Å². The number of para-hydroxylation sites is 1. The minimum Gasteiger partial charge on any atom is -0.404 e. The highest BCUT2D eigenvalue weighted by Gasteiger charge is 2.35. The molecule has 2 rings (SSSR count). The predicted molar refractivity (Wildman–Crippen MR) is 74.1 cm³/mol. The van der Waals surface area contributed by atoms with Crippen LogP contribution in [0.3, 0.4) is 0 Å². The van der Waals surface area contributed by atoms with Crippen molar-refractivity contribution < 1.29 is 31.1 Å². The van der Waals surface area contributed by atoms with E-state index in [-0.39, 0.29) is 6.42 Å². The zero-order valence-electron chi connectivity index (χ0n) is 11.9. The first-order valence-electron chi connectivity index (χ1n) is 6.84. The molecule has 0 bridgehead atoms. The number of nitrogens with one attached hydrogen (secondary N) is 2. The van der Waals surface area contributed by atoms with Gasteiger partial charge in [-0.3, -0.25) is 4.79 Å². The van der Waals surface area contributed by atoms with Gasteiger partial charge in [-0.2, -0.15) is 4.72 Å². The minimum absolute atomic E-state index is 0.271. The van der Waals surface area contributed by atoms with E-state index in [0.717, 1.165) is 12.1 Å². The summed E-state index contributed by atoms with van der Waals surface area (Å²) < 4.78 is 67.7. The SMILES string of the molecule is O=C1NCCCCC1NS(=O)(=O)c1ccccc1OC(F)(F)F. The molecule has 0 aliphatic carbocycles. The lowest BCUT2D eigenvalue weighted by molar-refractivity contribution is -0.275. The van der Waals surface area contributed by atoms with Gasteiger partial charge < -0.3 is 10.1 Å². The van der Waals surface area contributed by atoms with Crippen LogP contribution in [0.15, 0.2) is 29.2 Å². The second kappa shape index (κ2) is 6.75. The van der Waals surface area contributed by atoms with Gasteiger partial charge in [0.25, 0.3) is 0 Å². The molecule has 1 aliphatic heterocycles. The van der Waals surface area contributed by atoms with E-state index < -0.39 is 39.0 Å². The van der Waals surface area contributed by atoms with Gasteiger partial charge in [0.1, 0.15) is 16.7 Å². The Balaban J connectivity index is 2.27. The Hall–Kier alpha value is -1.81. The van der Waals surface area contributed by atoms with E-state index in [1.807, 2.05) is 0 Å². The van der Waals surface area contributed by atoms with Crippen LogP contribution in [-0.2, 0) is 14.8 Å². The summed E-state index contributed by atoms with van der Waals surface area (Å²) in [5.41, 5.74) is 0. The van der Waals surface area contributed by atoms with Crippen molar-refractivity contribution in [3.05, 3.63) is 24.3 Å². The first-order chi connectivity index (χ1) is 10.7. The first-order valence-corrected chi connectivity index (χ1v) is 8.32. The number of halogens is 3. The van der Waals surface area contributed by atoms with Crippen LogP contribution in [0.5, 0.6) is 5.75 Å². The monoisotopic (exact) mass is 352 g/mol. The normalized spacial score (nSPS) is 19.8. The van der Waals surface area contributed by atoms with Gasteiger partial charge in [-0.05, 0) is 31.4 Å². The van der Waals surface area contributed by atoms with Crippen molar-refractivity contribution in [2.75, 3.05) is 6.54 Å². The summed E-state index contributed by atoms with van der Waals surface area (Å²) >= 11 is 0. The van der Waals surface area contributed by atoms with Crippen LogP contribution in [0.25, 0.3) is 0 Å². The Morgan fingerprint density at radius 2 is 1.91 bits per heavy atom. The van der Waals surface area contributed by atoms with Gasteiger partial charge in [0, 0.05) is 6.54 Å². The summed E-state index contributed by atoms with van der Waals surface area (Å²) in [5.74, 6) is -1.35. The summed E-state index contributed by atoms with van der Waals surface area (Å²) in [6.07, 6.45) is -3.43. The molecule has 0 spiro atoms. The topological polar surface area (TPSA) is 84.5 Å². The number of sulfonamides is 1. The van der Waals surface area contributed by atoms with Crippen LogP contribution < -0.4 is 14.8 Å². The number of carbonyl (C=O) groups is 1. The number of rotatable bonds is 4. The van der Waals surface area contributed by atoms with Crippen LogP contribution in [0, 0.1) is 0 Å². The van der Waals surface area contributed by atoms with Crippen molar-refractivity contribution in [2.45, 2.75) is 36.6 Å². The molecule has 6 nitrogen and oxygen atoms in total. The number of amides is 1. The molecule has 1 fully saturated rings. The number of benzene rings is 1. The highest BCUT2D eigenvalue weighted by atomic mass is 32.2. The highest BCUT2D eigenvalue weighted by Crippen LogP contribution is 2.29. The second-order valence-corrected chi connectivity index (χ2v) is 6.64. The Labute approximate surface area is 131 Å². The number of hydrogen-bond acceptors (Lipinski definition) is 4. The number of carbonyl (C=O) groups excluding carboxylic acids is 1. The lowest BCUT2D eigenvalue weighted by atomic mass is 10.1. The summed E-state index contributed by atoms with van der Waals surface area (Å²) in [5, 5.41) is 2.54. The van der Waals surface area contributed by atoms with Crippen LogP contribution in [0.2, 0.25) is 0 Å². The maximum atomic E-state index is 12.4. The van der Waals surface area contributed by atoms with Gasteiger partial charge in [-0.15, -0.1) is 13.2 Å². The zero-order chi connectivity index (χ0) is 17.1. The molecule has 1 saturated heterocycles. The summed E-state index contributed by atoms with van der Waals surface area (Å²) in [6.45, 7) is 0.435. The average Bonchev–Trinajstić information content (AvgIpc) is 2.62. The minimum atomic E-state index is -5.02. The lowest BCUT2D eigenvalue weighted by Gasteiger charge is -2.17. The zero-order valence-corrected chi connectivity index (χ0v) is 12.7. The van der Waals surface area contributed by atoms with Crippen molar-refractivity contribution in [1.82, 2.24) is 10.0 Å². The molecule has 2 N–H and O–H groups in total. The molecule has 1 aliphatic rings. The van der Waals surface area contributed by atoms with E-state index in [1.54, 1.807) is 0 Å². The molecule has 1 aromatic carbocycles. The third-order valence-electron chi connectivity index (χ3n) is 3.20. The van der Waals surface area contributed by atoms with Gasteiger partial charge in [-0.25, -0.2) is 8.42 Å². The van der Waals surface area contributed by atoms with Gasteiger partial charge in [0.2, 0.25) is 15.9 Å². The first kappa shape index (κ1) is 17.5. The average molecular weight is 352 g/mol. The van der Waals surface area contributed by atoms with Crippen molar-refractivity contribution in [1.29, 1.82) is 0 Å². The molecule has 0 aromatic heterocycles. The smallest absolute Gasteiger partial charge is 0.404 e. The van der Waals surface area contributed by atoms with Crippen LogP contribution in [0.4, 0.5) is 13.2 Å². The van der Waals surface area contributed by atoms with Crippen LogP contribution in [0.1, 0.15) is 19.3 Å². The number of hydrogen-bond donors (Lipinski definition) is 2. The molecule has 1 atom stereocenters. The fourth-order valence-corrected chi connectivity index (χ4v) is 3.54. The van der Waals surface area contributed by atoms with Gasteiger partial charge in [0.15, 0.2) is 0 Å². The molecular weight excluding hydrogens is 337 g/mol. The van der Waals surface area contributed by atoms with E-state index in [1.165, 1.54) is 12.1 Å². The lowest BCUT2D eigenvalue weighted by Crippen LogP contribution is -2.45. The molecular formula is C13H15F3N2O4S. The molecule has 0 radical (unpaired) electrons. The Kier molecular flexibility index (Phi) is 5.15. The standard InChI is InChI=1S/C13H15F3N2O4S/c14-13(15,16)22-10-6-1-2-7-11(10)23(20,21)18-9-5-3-4-8-17-12(9)19/h1-2,6-7,9,18H,3-5,8H2,(H,17,19). The largest absolute Gasteiger partial charge is 0.573 e. The third kappa shape index (κ3) is 4.83. The van der Waals surface area contributed by atoms with Crippen molar-refractivity contribution in [3.63, 3.8) is 0 Å². The number of ether oxygens (including phenoxy) is 1. The molecule has 10 heteroatoms. The highest BCUT2D eigenvalue weighted by molar-refractivity contribution is 7.89. The van der Waals surface area contributed by atoms with Gasteiger partial charge >= 0.3 is 6.36 Å². The second-order valence-electron chi connectivity index (χ2n) is 4.96. The summed E-state index contributed by atoms with van der Waals surface area (Å²) in [6, 6.07) is 3.35. The van der Waals surface area contributed by atoms with E-state index in [0.29, 0.717) is 19.4 Å². The quantitative estimate of drug-likeness (QED) is 0.861. The molecule has 1 aromatic rings. The Morgan fingerprint density at radius 1 is 1.22 bits per heavy atom. The van der Waals surface area contributed by atoms with E-state index in [4.69, 9.17) is 0 Å². The van der Waals surface area contributed by atoms with Crippen molar-refractivity contribution in [3.8, 4) is 5.75 Å². The molecule has 1 heterocycles. The summed E-state index contributed by atoms with van der Waals surface area (Å²) in [4.78, 5) is 11.1. The number of alkyl halides is 3. The fraction of sp³-hybridized carbons (Fsp3) is 0.462. The fourth-order valence-electron chi connectivity index (χ4n) is 2.18. The predicted octanol–water partition coefficient (Wildman–Crippen LogP) is 1.53. The van der Waals surface area contributed by atoms with Crippen LogP contribution >= 0.6 is 0 Å². The molecule has 1 unspecified atom stereocenters. The Bertz CT molecular complexity index is 676.